The summed E-state index contributed by atoms with van der Waals surface area (Å²) in [4.78, 5) is 16.7. The molecule has 0 amide bonds. The van der Waals surface area contributed by atoms with E-state index in [1.165, 1.54) is 24.8 Å². The Morgan fingerprint density at radius 3 is 2.68 bits per heavy atom. The van der Waals surface area contributed by atoms with Gasteiger partial charge in [0.25, 0.3) is 0 Å². The van der Waals surface area contributed by atoms with Crippen LogP contribution in [-0.2, 0) is 0 Å². The van der Waals surface area contributed by atoms with Crippen LogP contribution < -0.4 is 0 Å². The van der Waals surface area contributed by atoms with Crippen molar-refractivity contribution in [2.45, 2.75) is 25.2 Å². The Kier molecular flexibility index (Phi) is 3.47. The first-order valence-electron chi connectivity index (χ1n) is 6.50. The van der Waals surface area contributed by atoms with Crippen molar-refractivity contribution in [1.82, 2.24) is 4.98 Å². The number of carbonyl (C=O) groups excluding carboxylic acids is 1. The monoisotopic (exact) mass is 315 g/mol. The van der Waals surface area contributed by atoms with Gasteiger partial charge in [-0.2, -0.15) is 0 Å². The fraction of sp³-hybridized carbons (Fsp3) is 0.250. The van der Waals surface area contributed by atoms with Crippen LogP contribution in [0, 0.1) is 0 Å². The van der Waals surface area contributed by atoms with Crippen molar-refractivity contribution in [2.24, 2.45) is 0 Å². The number of halogens is 1. The highest BCUT2D eigenvalue weighted by molar-refractivity contribution is 9.10. The molecular weight excluding hydrogens is 302 g/mol. The molecule has 1 heterocycles. The molecule has 0 saturated heterocycles. The second-order valence-corrected chi connectivity index (χ2v) is 5.85. The summed E-state index contributed by atoms with van der Waals surface area (Å²) in [6, 6.07) is 9.79. The molecule has 1 fully saturated rings. The quantitative estimate of drug-likeness (QED) is 0.788. The van der Waals surface area contributed by atoms with E-state index in [9.17, 15) is 4.79 Å². The van der Waals surface area contributed by atoms with Crippen LogP contribution in [0.2, 0.25) is 0 Å². The van der Waals surface area contributed by atoms with Gasteiger partial charge >= 0.3 is 0 Å². The molecule has 0 aliphatic heterocycles. The van der Waals surface area contributed by atoms with Gasteiger partial charge in [0, 0.05) is 28.0 Å². The van der Waals surface area contributed by atoms with E-state index in [0.29, 0.717) is 11.5 Å². The van der Waals surface area contributed by atoms with Crippen molar-refractivity contribution < 1.29 is 4.79 Å². The topological polar surface area (TPSA) is 30.0 Å². The van der Waals surface area contributed by atoms with Gasteiger partial charge in [0.1, 0.15) is 0 Å². The molecule has 3 heteroatoms. The van der Waals surface area contributed by atoms with Crippen LogP contribution >= 0.6 is 15.9 Å². The summed E-state index contributed by atoms with van der Waals surface area (Å²) < 4.78 is 0.833. The maximum absolute atomic E-state index is 12.6. The van der Waals surface area contributed by atoms with E-state index in [1.807, 2.05) is 24.3 Å². The highest BCUT2D eigenvalue weighted by Gasteiger charge is 2.24. The van der Waals surface area contributed by atoms with Gasteiger partial charge in [-0.1, -0.05) is 30.7 Å². The van der Waals surface area contributed by atoms with Gasteiger partial charge < -0.3 is 0 Å². The Morgan fingerprint density at radius 1 is 1.21 bits per heavy atom. The first-order chi connectivity index (χ1) is 9.25. The largest absolute Gasteiger partial charge is 0.289 e. The maximum atomic E-state index is 12.6. The Hall–Kier alpha value is -1.48. The second kappa shape index (κ2) is 5.25. The van der Waals surface area contributed by atoms with E-state index in [2.05, 4.69) is 27.0 Å². The summed E-state index contributed by atoms with van der Waals surface area (Å²) >= 11 is 3.36. The van der Waals surface area contributed by atoms with E-state index >= 15 is 0 Å². The second-order valence-electron chi connectivity index (χ2n) is 4.94. The van der Waals surface area contributed by atoms with Gasteiger partial charge in [0.15, 0.2) is 5.78 Å². The lowest BCUT2D eigenvalue weighted by molar-refractivity contribution is 0.103. The summed E-state index contributed by atoms with van der Waals surface area (Å²) in [5.41, 5.74) is 2.66. The molecular formula is C16H14BrNO. The van der Waals surface area contributed by atoms with Crippen LogP contribution in [0.4, 0.5) is 0 Å². The summed E-state index contributed by atoms with van der Waals surface area (Å²) in [6.07, 6.45) is 6.98. The standard InChI is InChI=1S/C16H14BrNO/c17-13-8-12(9-18-10-13)16(19)15-7-2-1-6-14(15)11-4-3-5-11/h1-2,6-11H,3-5H2. The van der Waals surface area contributed by atoms with Gasteiger partial charge in [0.2, 0.25) is 0 Å². The Labute approximate surface area is 121 Å². The van der Waals surface area contributed by atoms with E-state index in [-0.39, 0.29) is 5.78 Å². The molecule has 19 heavy (non-hydrogen) atoms. The van der Waals surface area contributed by atoms with E-state index < -0.39 is 0 Å². The lowest BCUT2D eigenvalue weighted by atomic mass is 9.77. The first-order valence-corrected chi connectivity index (χ1v) is 7.29. The minimum absolute atomic E-state index is 0.0660. The van der Waals surface area contributed by atoms with Gasteiger partial charge in [-0.15, -0.1) is 0 Å². The number of aromatic nitrogens is 1. The average Bonchev–Trinajstić information content (AvgIpc) is 2.37. The van der Waals surface area contributed by atoms with Gasteiger partial charge in [-0.25, -0.2) is 0 Å². The average molecular weight is 316 g/mol. The van der Waals surface area contributed by atoms with Crippen molar-refractivity contribution in [3.8, 4) is 0 Å². The van der Waals surface area contributed by atoms with Crippen molar-refractivity contribution >= 4 is 21.7 Å². The lowest BCUT2D eigenvalue weighted by Crippen LogP contribution is -2.14. The molecule has 0 unspecified atom stereocenters. The van der Waals surface area contributed by atoms with Crippen LogP contribution in [0.15, 0.2) is 47.2 Å². The van der Waals surface area contributed by atoms with Crippen LogP contribution in [0.5, 0.6) is 0 Å². The molecule has 1 aromatic carbocycles. The van der Waals surface area contributed by atoms with Crippen molar-refractivity contribution in [3.63, 3.8) is 0 Å². The predicted molar refractivity (Wildman–Crippen MR) is 78.4 cm³/mol. The minimum atomic E-state index is 0.0660. The zero-order chi connectivity index (χ0) is 13.2. The van der Waals surface area contributed by atoms with Gasteiger partial charge in [-0.05, 0) is 46.3 Å². The third-order valence-corrected chi connectivity index (χ3v) is 4.15. The van der Waals surface area contributed by atoms with Crippen LogP contribution in [0.1, 0.15) is 46.7 Å². The van der Waals surface area contributed by atoms with Crippen LogP contribution in [-0.4, -0.2) is 10.8 Å². The summed E-state index contributed by atoms with van der Waals surface area (Å²) in [5, 5.41) is 0. The fourth-order valence-electron chi connectivity index (χ4n) is 2.47. The molecule has 0 N–H and O–H groups in total. The van der Waals surface area contributed by atoms with Crippen LogP contribution in [0.3, 0.4) is 0 Å². The van der Waals surface area contributed by atoms with E-state index in [4.69, 9.17) is 0 Å². The zero-order valence-corrected chi connectivity index (χ0v) is 12.1. The SMILES string of the molecule is O=C(c1cncc(Br)c1)c1ccccc1C1CCC1. The Bertz CT molecular complexity index is 620. The molecule has 2 aromatic rings. The Balaban J connectivity index is 1.99. The normalized spacial score (nSPS) is 15.0. The minimum Gasteiger partial charge on any atom is -0.289 e. The molecule has 0 bridgehead atoms. The number of carbonyl (C=O) groups is 1. The number of nitrogens with zero attached hydrogens (tertiary/aromatic N) is 1. The number of pyridine rings is 1. The first kappa shape index (κ1) is 12.5. The fourth-order valence-corrected chi connectivity index (χ4v) is 2.84. The molecule has 0 spiro atoms. The third-order valence-electron chi connectivity index (χ3n) is 3.72. The smallest absolute Gasteiger partial charge is 0.194 e. The van der Waals surface area contributed by atoms with Crippen LogP contribution in [0.25, 0.3) is 0 Å². The number of hydrogen-bond acceptors (Lipinski definition) is 2. The third kappa shape index (κ3) is 2.47. The molecule has 96 valence electrons. The maximum Gasteiger partial charge on any atom is 0.194 e. The lowest BCUT2D eigenvalue weighted by Gasteiger charge is -2.27. The number of hydrogen-bond donors (Lipinski definition) is 0. The molecule has 0 atom stereocenters. The van der Waals surface area contributed by atoms with Crippen molar-refractivity contribution in [3.05, 3.63) is 63.9 Å². The molecule has 1 aromatic heterocycles. The highest BCUT2D eigenvalue weighted by Crippen LogP contribution is 2.38. The summed E-state index contributed by atoms with van der Waals surface area (Å²) in [6.45, 7) is 0. The van der Waals surface area contributed by atoms with Gasteiger partial charge in [-0.3, -0.25) is 9.78 Å². The highest BCUT2D eigenvalue weighted by atomic mass is 79.9. The molecule has 3 rings (SSSR count). The van der Waals surface area contributed by atoms with E-state index in [0.717, 1.165) is 10.0 Å². The van der Waals surface area contributed by atoms with Crippen molar-refractivity contribution in [1.29, 1.82) is 0 Å². The predicted octanol–water partition coefficient (Wildman–Crippen LogP) is 4.34. The van der Waals surface area contributed by atoms with Gasteiger partial charge in [0.05, 0.1) is 0 Å². The molecule has 1 saturated carbocycles. The zero-order valence-electron chi connectivity index (χ0n) is 10.5. The van der Waals surface area contributed by atoms with Crippen molar-refractivity contribution in [2.75, 3.05) is 0 Å². The summed E-state index contributed by atoms with van der Waals surface area (Å²) in [5.74, 6) is 0.622. The molecule has 1 aliphatic carbocycles. The number of benzene rings is 1. The number of rotatable bonds is 3. The molecule has 1 aliphatic rings. The summed E-state index contributed by atoms with van der Waals surface area (Å²) in [7, 11) is 0. The molecule has 0 radical (unpaired) electrons. The number of ketones is 1. The van der Waals surface area contributed by atoms with E-state index in [1.54, 1.807) is 12.4 Å². The molecule has 2 nitrogen and oxygen atoms in total. The Morgan fingerprint density at radius 2 is 2.00 bits per heavy atom.